The fourth-order valence-corrected chi connectivity index (χ4v) is 4.07. The first-order chi connectivity index (χ1) is 16.0. The Kier molecular flexibility index (Phi) is 9.54. The zero-order valence-electron chi connectivity index (χ0n) is 17.7. The molecule has 0 bridgehead atoms. The first-order valence-corrected chi connectivity index (χ1v) is 10.6. The van der Waals surface area contributed by atoms with Gasteiger partial charge < -0.3 is 79.9 Å². The Morgan fingerprint density at radius 1 is 0.588 bits per heavy atom. The van der Waals surface area contributed by atoms with Gasteiger partial charge in [0, 0.05) is 0 Å². The summed E-state index contributed by atoms with van der Waals surface area (Å²) in [7, 11) is 0. The second-order valence-electron chi connectivity index (χ2n) is 8.34. The van der Waals surface area contributed by atoms with Gasteiger partial charge in [0.05, 0.1) is 19.8 Å². The maximum atomic E-state index is 10.6. The summed E-state index contributed by atoms with van der Waals surface area (Å²) in [5.74, 6) is 0. The van der Waals surface area contributed by atoms with Crippen LogP contribution in [0, 0.1) is 0 Å². The molecule has 0 aliphatic carbocycles. The van der Waals surface area contributed by atoms with Crippen molar-refractivity contribution in [2.45, 2.75) is 92.1 Å². The normalized spacial score (nSPS) is 50.9. The predicted molar refractivity (Wildman–Crippen MR) is 101 cm³/mol. The molecule has 0 saturated carbocycles. The highest BCUT2D eigenvalue weighted by atomic mass is 16.8. The van der Waals surface area contributed by atoms with E-state index in [4.69, 9.17) is 28.8 Å². The van der Waals surface area contributed by atoms with Gasteiger partial charge in [-0.25, -0.2) is 0 Å². The molecule has 200 valence electrons. The molecule has 3 rings (SSSR count). The van der Waals surface area contributed by atoms with Crippen LogP contribution < -0.4 is 0 Å². The Morgan fingerprint density at radius 3 is 1.68 bits per heavy atom. The third-order valence-electron chi connectivity index (χ3n) is 6.07. The van der Waals surface area contributed by atoms with Gasteiger partial charge in [0.25, 0.3) is 0 Å². The van der Waals surface area contributed by atoms with Crippen LogP contribution in [0.15, 0.2) is 0 Å². The molecule has 3 heterocycles. The van der Waals surface area contributed by atoms with Crippen LogP contribution in [0.1, 0.15) is 0 Å². The van der Waals surface area contributed by atoms with Crippen LogP contribution in [0.3, 0.4) is 0 Å². The lowest BCUT2D eigenvalue weighted by atomic mass is 9.97. The van der Waals surface area contributed by atoms with E-state index < -0.39 is 112 Å². The highest BCUT2D eigenvalue weighted by molar-refractivity contribution is 4.96. The molecular formula is C18H32O16. The fourth-order valence-electron chi connectivity index (χ4n) is 4.07. The number of aliphatic hydroxyl groups excluding tert-OH is 11. The molecule has 0 aromatic heterocycles. The monoisotopic (exact) mass is 504 g/mol. The highest BCUT2D eigenvalue weighted by Gasteiger charge is 2.54. The van der Waals surface area contributed by atoms with E-state index >= 15 is 0 Å². The molecule has 16 heteroatoms. The summed E-state index contributed by atoms with van der Waals surface area (Å²) >= 11 is 0. The van der Waals surface area contributed by atoms with Gasteiger partial charge in [0.1, 0.15) is 73.2 Å². The topological polar surface area (TPSA) is 269 Å². The third-order valence-corrected chi connectivity index (χ3v) is 6.07. The molecule has 0 aromatic rings. The number of hydrogen-bond acceptors (Lipinski definition) is 16. The maximum absolute atomic E-state index is 10.6. The van der Waals surface area contributed by atoms with Crippen molar-refractivity contribution in [1.82, 2.24) is 0 Å². The van der Waals surface area contributed by atoms with Crippen LogP contribution in [0.4, 0.5) is 0 Å². The van der Waals surface area contributed by atoms with Gasteiger partial charge in [-0.15, -0.1) is 0 Å². The molecule has 0 spiro atoms. The molecule has 3 aliphatic rings. The van der Waals surface area contributed by atoms with Gasteiger partial charge in [-0.05, 0) is 0 Å². The molecule has 0 unspecified atom stereocenters. The van der Waals surface area contributed by atoms with Gasteiger partial charge in [-0.3, -0.25) is 0 Å². The van der Waals surface area contributed by atoms with Crippen LogP contribution in [-0.2, 0) is 23.7 Å². The summed E-state index contributed by atoms with van der Waals surface area (Å²) in [4.78, 5) is 0. The first-order valence-electron chi connectivity index (χ1n) is 10.6. The number of ether oxygens (including phenoxy) is 5. The number of rotatable bonds is 8. The van der Waals surface area contributed by atoms with E-state index in [1.54, 1.807) is 0 Å². The Labute approximate surface area is 192 Å². The largest absolute Gasteiger partial charge is 0.394 e. The summed E-state index contributed by atoms with van der Waals surface area (Å²) in [5, 5.41) is 109. The van der Waals surface area contributed by atoms with Crippen LogP contribution in [0.25, 0.3) is 0 Å². The lowest BCUT2D eigenvalue weighted by Crippen LogP contribution is -2.65. The minimum absolute atomic E-state index is 0.741. The van der Waals surface area contributed by atoms with Crippen molar-refractivity contribution < 1.29 is 79.9 Å². The zero-order chi connectivity index (χ0) is 25.3. The van der Waals surface area contributed by atoms with Crippen molar-refractivity contribution in [2.75, 3.05) is 19.8 Å². The van der Waals surface area contributed by atoms with E-state index in [-0.39, 0.29) is 0 Å². The van der Waals surface area contributed by atoms with Gasteiger partial charge in [0.15, 0.2) is 18.9 Å². The molecule has 0 radical (unpaired) electrons. The quantitative estimate of drug-likeness (QED) is 0.146. The summed E-state index contributed by atoms with van der Waals surface area (Å²) < 4.78 is 26.4. The lowest BCUT2D eigenvalue weighted by Gasteiger charge is -2.46. The Balaban J connectivity index is 1.72. The van der Waals surface area contributed by atoms with Crippen molar-refractivity contribution in [1.29, 1.82) is 0 Å². The summed E-state index contributed by atoms with van der Waals surface area (Å²) in [6, 6.07) is 0. The lowest BCUT2D eigenvalue weighted by molar-refractivity contribution is -0.365. The summed E-state index contributed by atoms with van der Waals surface area (Å²) in [6.45, 7) is -2.37. The van der Waals surface area contributed by atoms with E-state index in [1.165, 1.54) is 0 Å². The van der Waals surface area contributed by atoms with Crippen molar-refractivity contribution in [3.63, 3.8) is 0 Å². The minimum atomic E-state index is -1.91. The summed E-state index contributed by atoms with van der Waals surface area (Å²) in [6.07, 6.45) is -24.9. The Hall–Kier alpha value is -0.640. The fraction of sp³-hybridized carbons (Fsp3) is 1.00. The molecule has 0 aromatic carbocycles. The standard InChI is InChI=1S/C18H32O16/c19-1-4(22)13-15(12(28)16(29)32-13)34-18-11(27)9(25)14(6(3-21)31-18)33-17-10(26)8(24)7(23)5(2-20)30-17/h4-29H,1-3H2/t4-,5+,6-,7-,8+,9-,10-,11+,12-,13-,14-,15-,16+,17+,18+/m0/s1. The molecule has 0 amide bonds. The number of aliphatic hydroxyl groups is 11. The van der Waals surface area contributed by atoms with Gasteiger partial charge in [0.2, 0.25) is 0 Å². The number of hydrogen-bond donors (Lipinski definition) is 11. The van der Waals surface area contributed by atoms with Crippen molar-refractivity contribution >= 4 is 0 Å². The van der Waals surface area contributed by atoms with Crippen LogP contribution in [0.5, 0.6) is 0 Å². The second-order valence-corrected chi connectivity index (χ2v) is 8.34. The SMILES string of the molecule is OC[C@@H]1O[C@H](O[C@H]2[C@H](O)[C@H](O)O[C@H]2[C@@H](O)CO)[C@H](O)[C@H](O)[C@H]1O[C@H]1O[C@H](CO)[C@H](O)[C@@H](O)[C@@H]1O. The van der Waals surface area contributed by atoms with Crippen LogP contribution in [-0.4, -0.2) is 168 Å². The van der Waals surface area contributed by atoms with Crippen molar-refractivity contribution in [3.05, 3.63) is 0 Å². The Bertz CT molecular complexity index is 637. The van der Waals surface area contributed by atoms with E-state index in [9.17, 15) is 51.1 Å². The average molecular weight is 504 g/mol. The van der Waals surface area contributed by atoms with E-state index in [0.717, 1.165) is 0 Å². The van der Waals surface area contributed by atoms with Crippen LogP contribution in [0.2, 0.25) is 0 Å². The smallest absolute Gasteiger partial charge is 0.187 e. The molecule has 3 fully saturated rings. The van der Waals surface area contributed by atoms with Gasteiger partial charge >= 0.3 is 0 Å². The zero-order valence-corrected chi connectivity index (χ0v) is 17.7. The molecular weight excluding hydrogens is 472 g/mol. The Morgan fingerprint density at radius 2 is 1.12 bits per heavy atom. The average Bonchev–Trinajstić information content (AvgIpc) is 3.11. The molecule has 3 aliphatic heterocycles. The molecule has 16 nitrogen and oxygen atoms in total. The summed E-state index contributed by atoms with van der Waals surface area (Å²) in [5.41, 5.74) is 0. The van der Waals surface area contributed by atoms with Crippen molar-refractivity contribution in [3.8, 4) is 0 Å². The first kappa shape index (κ1) is 27.9. The molecule has 3 saturated heterocycles. The molecule has 15 atom stereocenters. The van der Waals surface area contributed by atoms with E-state index in [0.29, 0.717) is 0 Å². The van der Waals surface area contributed by atoms with Crippen molar-refractivity contribution in [2.24, 2.45) is 0 Å². The van der Waals surface area contributed by atoms with Crippen LogP contribution >= 0.6 is 0 Å². The van der Waals surface area contributed by atoms with Gasteiger partial charge in [-0.2, -0.15) is 0 Å². The van der Waals surface area contributed by atoms with Gasteiger partial charge in [-0.1, -0.05) is 0 Å². The van der Waals surface area contributed by atoms with E-state index in [1.807, 2.05) is 0 Å². The molecule has 34 heavy (non-hydrogen) atoms. The third kappa shape index (κ3) is 5.37. The predicted octanol–water partition coefficient (Wildman–Crippen LogP) is -7.57. The molecule has 11 N–H and O–H groups in total. The highest BCUT2D eigenvalue weighted by Crippen LogP contribution is 2.32. The maximum Gasteiger partial charge on any atom is 0.187 e. The minimum Gasteiger partial charge on any atom is -0.394 e. The second kappa shape index (κ2) is 11.6. The van der Waals surface area contributed by atoms with E-state index in [2.05, 4.69) is 0 Å².